The number of rotatable bonds is 6. The fraction of sp³-hybridized carbons (Fsp3) is 0.318. The zero-order valence-electron chi connectivity index (χ0n) is 16.5. The van der Waals surface area contributed by atoms with Crippen LogP contribution in [-0.2, 0) is 20.7 Å². The molecule has 1 atom stereocenters. The molecule has 2 aromatic rings. The van der Waals surface area contributed by atoms with Gasteiger partial charge in [-0.1, -0.05) is 18.2 Å². The Morgan fingerprint density at radius 3 is 2.79 bits per heavy atom. The van der Waals surface area contributed by atoms with Crippen LogP contribution in [-0.4, -0.2) is 30.2 Å². The van der Waals surface area contributed by atoms with Gasteiger partial charge in [-0.15, -0.1) is 0 Å². The number of para-hydroxylation sites is 1. The van der Waals surface area contributed by atoms with E-state index in [9.17, 15) is 9.59 Å². The lowest BCUT2D eigenvalue weighted by atomic mass is 10.0. The summed E-state index contributed by atoms with van der Waals surface area (Å²) in [6.45, 7) is 5.09. The molecule has 29 heavy (non-hydrogen) atoms. The van der Waals surface area contributed by atoms with Crippen molar-refractivity contribution in [2.75, 3.05) is 11.9 Å². The molecule has 0 aromatic heterocycles. The first-order chi connectivity index (χ1) is 13.8. The molecule has 0 radical (unpaired) electrons. The fourth-order valence-electron chi connectivity index (χ4n) is 3.03. The van der Waals surface area contributed by atoms with Crippen molar-refractivity contribution >= 4 is 17.6 Å². The number of fused-ring (bicyclic) bond motifs is 1. The second kappa shape index (κ2) is 8.23. The molecule has 1 heterocycles. The van der Waals surface area contributed by atoms with Gasteiger partial charge in [0.25, 0.3) is 5.91 Å². The highest BCUT2D eigenvalue weighted by atomic mass is 16.6. The highest BCUT2D eigenvalue weighted by Gasteiger charge is 2.32. The lowest BCUT2D eigenvalue weighted by Crippen LogP contribution is -2.31. The average Bonchev–Trinajstić information content (AvgIpc) is 3.00. The Morgan fingerprint density at radius 1 is 1.28 bits per heavy atom. The largest absolute Gasteiger partial charge is 0.483 e. The number of amides is 1. The summed E-state index contributed by atoms with van der Waals surface area (Å²) < 4.78 is 16.6. The molecule has 0 unspecified atom stereocenters. The van der Waals surface area contributed by atoms with Crippen molar-refractivity contribution in [1.29, 1.82) is 5.26 Å². The highest BCUT2D eigenvalue weighted by Crippen LogP contribution is 2.41. The number of nitriles is 1. The summed E-state index contributed by atoms with van der Waals surface area (Å²) >= 11 is 0. The molecule has 2 aromatic carbocycles. The van der Waals surface area contributed by atoms with E-state index in [1.54, 1.807) is 24.3 Å². The van der Waals surface area contributed by atoms with Crippen LogP contribution in [0.3, 0.4) is 0 Å². The molecular weight excluding hydrogens is 372 g/mol. The molecule has 3 rings (SSSR count). The van der Waals surface area contributed by atoms with Gasteiger partial charge >= 0.3 is 5.97 Å². The van der Waals surface area contributed by atoms with Gasteiger partial charge in [0, 0.05) is 17.7 Å². The van der Waals surface area contributed by atoms with Crippen LogP contribution in [0.15, 0.2) is 42.5 Å². The van der Waals surface area contributed by atoms with Gasteiger partial charge in [0.2, 0.25) is 0 Å². The molecule has 1 aliphatic heterocycles. The number of nitrogens with one attached hydrogen (secondary N) is 1. The number of carbonyl (C=O) groups is 2. The molecule has 1 amide bonds. The Hall–Kier alpha value is -3.53. The van der Waals surface area contributed by atoms with E-state index in [4.69, 9.17) is 19.5 Å². The third-order valence-electron chi connectivity index (χ3n) is 4.34. The number of hydrogen-bond acceptors (Lipinski definition) is 6. The van der Waals surface area contributed by atoms with Gasteiger partial charge in [-0.2, -0.15) is 5.26 Å². The predicted octanol–water partition coefficient (Wildman–Crippen LogP) is 3.22. The standard InChI is InChI=1S/C22H22N2O5/c1-14(21(26)24-17-8-4-6-15(10-17)12-23)28-19(25)13-27-18-9-5-7-16-11-22(2,3)29-20(16)18/h4-10,14H,11,13H2,1-3H3,(H,24,26)/t14-/m0/s1. The Morgan fingerprint density at radius 2 is 2.03 bits per heavy atom. The van der Waals surface area contributed by atoms with E-state index < -0.39 is 18.0 Å². The number of benzene rings is 2. The van der Waals surface area contributed by atoms with E-state index in [2.05, 4.69) is 5.32 Å². The van der Waals surface area contributed by atoms with E-state index in [1.807, 2.05) is 32.0 Å². The van der Waals surface area contributed by atoms with Crippen LogP contribution in [0.4, 0.5) is 5.69 Å². The molecule has 0 saturated carbocycles. The van der Waals surface area contributed by atoms with Crippen LogP contribution in [0.25, 0.3) is 0 Å². The van der Waals surface area contributed by atoms with Crippen LogP contribution in [0, 0.1) is 11.3 Å². The summed E-state index contributed by atoms with van der Waals surface area (Å²) in [5.74, 6) is -0.0728. The van der Waals surface area contributed by atoms with E-state index >= 15 is 0 Å². The van der Waals surface area contributed by atoms with Crippen molar-refractivity contribution < 1.29 is 23.8 Å². The topological polar surface area (TPSA) is 97.7 Å². The minimum absolute atomic E-state index is 0.322. The molecule has 7 heteroatoms. The van der Waals surface area contributed by atoms with Crippen molar-refractivity contribution in [2.45, 2.75) is 38.9 Å². The summed E-state index contributed by atoms with van der Waals surface area (Å²) in [6, 6.07) is 14.0. The van der Waals surface area contributed by atoms with E-state index in [1.165, 1.54) is 13.0 Å². The normalized spacial score (nSPS) is 14.7. The maximum absolute atomic E-state index is 12.2. The Balaban J connectivity index is 1.53. The molecule has 0 fully saturated rings. The minimum Gasteiger partial charge on any atom is -0.483 e. The minimum atomic E-state index is -1.02. The molecular formula is C22H22N2O5. The van der Waals surface area contributed by atoms with Crippen LogP contribution < -0.4 is 14.8 Å². The van der Waals surface area contributed by atoms with E-state index in [0.717, 1.165) is 12.0 Å². The summed E-state index contributed by atoms with van der Waals surface area (Å²) in [7, 11) is 0. The quantitative estimate of drug-likeness (QED) is 0.756. The molecule has 7 nitrogen and oxygen atoms in total. The molecule has 0 aliphatic carbocycles. The highest BCUT2D eigenvalue weighted by molar-refractivity contribution is 5.95. The first-order valence-electron chi connectivity index (χ1n) is 9.21. The first-order valence-corrected chi connectivity index (χ1v) is 9.21. The molecule has 1 aliphatic rings. The van der Waals surface area contributed by atoms with Gasteiger partial charge in [0.15, 0.2) is 24.2 Å². The fourth-order valence-corrected chi connectivity index (χ4v) is 3.03. The second-order valence-electron chi connectivity index (χ2n) is 7.39. The van der Waals surface area contributed by atoms with Gasteiger partial charge < -0.3 is 19.5 Å². The predicted molar refractivity (Wildman–Crippen MR) is 106 cm³/mol. The zero-order valence-corrected chi connectivity index (χ0v) is 16.5. The Bertz CT molecular complexity index is 977. The average molecular weight is 394 g/mol. The van der Waals surface area contributed by atoms with Crippen LogP contribution in [0.1, 0.15) is 31.9 Å². The number of nitrogens with zero attached hydrogens (tertiary/aromatic N) is 1. The lowest BCUT2D eigenvalue weighted by molar-refractivity contribution is -0.155. The number of anilines is 1. The van der Waals surface area contributed by atoms with Gasteiger partial charge in [-0.25, -0.2) is 4.79 Å². The summed E-state index contributed by atoms with van der Waals surface area (Å²) in [6.07, 6.45) is -0.262. The monoisotopic (exact) mass is 394 g/mol. The molecule has 1 N–H and O–H groups in total. The van der Waals surface area contributed by atoms with Crippen molar-refractivity contribution in [2.24, 2.45) is 0 Å². The van der Waals surface area contributed by atoms with Crippen LogP contribution in [0.2, 0.25) is 0 Å². The molecule has 0 bridgehead atoms. The van der Waals surface area contributed by atoms with E-state index in [0.29, 0.717) is 22.7 Å². The van der Waals surface area contributed by atoms with Crippen molar-refractivity contribution in [1.82, 2.24) is 0 Å². The third kappa shape index (κ3) is 5.05. The SMILES string of the molecule is C[C@H](OC(=O)COc1cccc2c1OC(C)(C)C2)C(=O)Nc1cccc(C#N)c1. The van der Waals surface area contributed by atoms with Gasteiger partial charge in [-0.05, 0) is 45.0 Å². The summed E-state index contributed by atoms with van der Waals surface area (Å²) in [5, 5.41) is 11.5. The summed E-state index contributed by atoms with van der Waals surface area (Å²) in [4.78, 5) is 24.3. The molecule has 150 valence electrons. The van der Waals surface area contributed by atoms with Gasteiger partial charge in [-0.3, -0.25) is 4.79 Å². The Labute approximate surface area is 169 Å². The van der Waals surface area contributed by atoms with Gasteiger partial charge in [0.1, 0.15) is 5.60 Å². The van der Waals surface area contributed by atoms with Crippen molar-refractivity contribution in [3.63, 3.8) is 0 Å². The van der Waals surface area contributed by atoms with E-state index in [-0.39, 0.29) is 12.2 Å². The van der Waals surface area contributed by atoms with Crippen molar-refractivity contribution in [3.8, 4) is 17.6 Å². The Kier molecular flexibility index (Phi) is 5.74. The maximum atomic E-state index is 12.2. The number of carbonyl (C=O) groups excluding carboxylic acids is 2. The number of hydrogen-bond donors (Lipinski definition) is 1. The second-order valence-corrected chi connectivity index (χ2v) is 7.39. The molecule has 0 spiro atoms. The van der Waals surface area contributed by atoms with Crippen LogP contribution in [0.5, 0.6) is 11.5 Å². The lowest BCUT2D eigenvalue weighted by Gasteiger charge is -2.18. The number of esters is 1. The molecule has 0 saturated heterocycles. The van der Waals surface area contributed by atoms with Gasteiger partial charge in [0.05, 0.1) is 11.6 Å². The smallest absolute Gasteiger partial charge is 0.344 e. The first kappa shape index (κ1) is 20.2. The van der Waals surface area contributed by atoms with Crippen LogP contribution >= 0.6 is 0 Å². The zero-order chi connectivity index (χ0) is 21.0. The number of ether oxygens (including phenoxy) is 3. The van der Waals surface area contributed by atoms with Crippen molar-refractivity contribution in [3.05, 3.63) is 53.6 Å². The maximum Gasteiger partial charge on any atom is 0.344 e. The summed E-state index contributed by atoms with van der Waals surface area (Å²) in [5.41, 5.74) is 1.57. The third-order valence-corrected chi connectivity index (χ3v) is 4.34.